The monoisotopic (exact) mass is 395 g/mol. The molecule has 0 spiro atoms. The summed E-state index contributed by atoms with van der Waals surface area (Å²) in [6.07, 6.45) is 4.68. The number of rotatable bonds is 8. The number of hydrogen-bond donors (Lipinski definition) is 1. The highest BCUT2D eigenvalue weighted by atomic mass is 16.5. The van der Waals surface area contributed by atoms with Crippen molar-refractivity contribution in [3.63, 3.8) is 0 Å². The summed E-state index contributed by atoms with van der Waals surface area (Å²) in [5.41, 5.74) is 3.24. The quantitative estimate of drug-likeness (QED) is 0.728. The van der Waals surface area contributed by atoms with Crippen molar-refractivity contribution in [1.82, 2.24) is 4.90 Å². The van der Waals surface area contributed by atoms with Gasteiger partial charge in [0.15, 0.2) is 0 Å². The van der Waals surface area contributed by atoms with Gasteiger partial charge in [0, 0.05) is 31.0 Å². The number of benzene rings is 2. The van der Waals surface area contributed by atoms with E-state index in [-0.39, 0.29) is 11.9 Å². The summed E-state index contributed by atoms with van der Waals surface area (Å²) in [5, 5.41) is 3.05. The average molecular weight is 396 g/mol. The largest absolute Gasteiger partial charge is 0.496 e. The number of amides is 1. The SMILES string of the molecule is COc1ccccc1CCN(C)C(C)C(=O)Nc1ccc(N2CCCCC2)cc1. The second kappa shape index (κ2) is 10.3. The van der Waals surface area contributed by atoms with Gasteiger partial charge in [-0.1, -0.05) is 18.2 Å². The second-order valence-corrected chi connectivity index (χ2v) is 7.80. The third-order valence-corrected chi connectivity index (χ3v) is 5.82. The standard InChI is InChI=1S/C24H33N3O2/c1-19(26(2)18-15-20-9-5-6-10-23(20)29-3)24(28)25-21-11-13-22(14-12-21)27-16-7-4-8-17-27/h5-6,9-14,19H,4,7-8,15-18H2,1-3H3,(H,25,28). The number of nitrogens with one attached hydrogen (secondary N) is 1. The molecule has 0 bridgehead atoms. The molecule has 2 aromatic rings. The zero-order chi connectivity index (χ0) is 20.6. The molecule has 156 valence electrons. The molecule has 5 nitrogen and oxygen atoms in total. The molecule has 1 unspecified atom stereocenters. The molecule has 2 aromatic carbocycles. The number of likely N-dealkylation sites (N-methyl/N-ethyl adjacent to an activating group) is 1. The molecule has 1 N–H and O–H groups in total. The molecule has 5 heteroatoms. The normalized spacial score (nSPS) is 15.2. The van der Waals surface area contributed by atoms with Crippen molar-refractivity contribution < 1.29 is 9.53 Å². The van der Waals surface area contributed by atoms with Crippen molar-refractivity contribution in [3.8, 4) is 5.75 Å². The van der Waals surface area contributed by atoms with E-state index in [4.69, 9.17) is 4.74 Å². The molecule has 0 saturated carbocycles. The summed E-state index contributed by atoms with van der Waals surface area (Å²) in [6.45, 7) is 4.97. The fourth-order valence-corrected chi connectivity index (χ4v) is 3.75. The molecular weight excluding hydrogens is 362 g/mol. The summed E-state index contributed by atoms with van der Waals surface area (Å²) in [6, 6.07) is 16.0. The van der Waals surface area contributed by atoms with Crippen LogP contribution in [-0.4, -0.2) is 50.6 Å². The first-order valence-corrected chi connectivity index (χ1v) is 10.6. The van der Waals surface area contributed by atoms with Crippen LogP contribution in [0, 0.1) is 0 Å². The lowest BCUT2D eigenvalue weighted by atomic mass is 10.1. The van der Waals surface area contributed by atoms with Gasteiger partial charge >= 0.3 is 0 Å². The zero-order valence-electron chi connectivity index (χ0n) is 17.9. The molecule has 1 atom stereocenters. The van der Waals surface area contributed by atoms with Gasteiger partial charge in [-0.25, -0.2) is 0 Å². The molecular formula is C24H33N3O2. The maximum atomic E-state index is 12.7. The van der Waals surface area contributed by atoms with E-state index >= 15 is 0 Å². The second-order valence-electron chi connectivity index (χ2n) is 7.80. The smallest absolute Gasteiger partial charge is 0.241 e. The van der Waals surface area contributed by atoms with Gasteiger partial charge in [-0.15, -0.1) is 0 Å². The summed E-state index contributed by atoms with van der Waals surface area (Å²) >= 11 is 0. The molecule has 1 aliphatic heterocycles. The third-order valence-electron chi connectivity index (χ3n) is 5.82. The lowest BCUT2D eigenvalue weighted by molar-refractivity contribution is -0.120. The van der Waals surface area contributed by atoms with Gasteiger partial charge in [0.1, 0.15) is 5.75 Å². The van der Waals surface area contributed by atoms with Crippen LogP contribution in [0.3, 0.4) is 0 Å². The van der Waals surface area contributed by atoms with Gasteiger partial charge in [-0.05, 0) is 75.5 Å². The molecule has 0 radical (unpaired) electrons. The Balaban J connectivity index is 1.51. The van der Waals surface area contributed by atoms with Crippen LogP contribution in [0.25, 0.3) is 0 Å². The van der Waals surface area contributed by atoms with Crippen molar-refractivity contribution in [2.45, 2.75) is 38.6 Å². The van der Waals surface area contributed by atoms with E-state index in [1.165, 1.54) is 24.9 Å². The van der Waals surface area contributed by atoms with Gasteiger partial charge in [-0.3, -0.25) is 9.69 Å². The van der Waals surface area contributed by atoms with E-state index < -0.39 is 0 Å². The van der Waals surface area contributed by atoms with Gasteiger partial charge in [0.2, 0.25) is 5.91 Å². The Morgan fingerprint density at radius 1 is 1.10 bits per heavy atom. The molecule has 1 fully saturated rings. The predicted molar refractivity (Wildman–Crippen MR) is 120 cm³/mol. The number of carbonyl (C=O) groups excluding carboxylic acids is 1. The van der Waals surface area contributed by atoms with E-state index in [2.05, 4.69) is 33.3 Å². The van der Waals surface area contributed by atoms with Crippen LogP contribution in [-0.2, 0) is 11.2 Å². The first kappa shape index (κ1) is 21.2. The Bertz CT molecular complexity index is 785. The predicted octanol–water partition coefficient (Wildman–Crippen LogP) is 4.19. The van der Waals surface area contributed by atoms with Crippen LogP contribution in [0.2, 0.25) is 0 Å². The number of para-hydroxylation sites is 1. The summed E-state index contributed by atoms with van der Waals surface area (Å²) in [5.74, 6) is 0.907. The van der Waals surface area contributed by atoms with E-state index in [1.807, 2.05) is 44.3 Å². The summed E-state index contributed by atoms with van der Waals surface area (Å²) in [7, 11) is 3.67. The first-order valence-electron chi connectivity index (χ1n) is 10.6. The highest BCUT2D eigenvalue weighted by Crippen LogP contribution is 2.22. The van der Waals surface area contributed by atoms with E-state index in [9.17, 15) is 4.79 Å². The molecule has 3 rings (SSSR count). The molecule has 1 aliphatic rings. The Kier molecular flexibility index (Phi) is 7.53. The minimum Gasteiger partial charge on any atom is -0.496 e. The van der Waals surface area contributed by atoms with E-state index in [0.29, 0.717) is 0 Å². The van der Waals surface area contributed by atoms with Crippen molar-refractivity contribution in [2.24, 2.45) is 0 Å². The van der Waals surface area contributed by atoms with Crippen LogP contribution in [0.5, 0.6) is 5.75 Å². The lowest BCUT2D eigenvalue weighted by Crippen LogP contribution is -2.40. The highest BCUT2D eigenvalue weighted by Gasteiger charge is 2.19. The Morgan fingerprint density at radius 2 is 1.79 bits per heavy atom. The Labute approximate surface area is 174 Å². The van der Waals surface area contributed by atoms with Gasteiger partial charge < -0.3 is 15.0 Å². The number of nitrogens with zero attached hydrogens (tertiary/aromatic N) is 2. The number of ether oxygens (including phenoxy) is 1. The van der Waals surface area contributed by atoms with E-state index in [1.54, 1.807) is 7.11 Å². The molecule has 1 amide bonds. The number of piperidine rings is 1. The fraction of sp³-hybridized carbons (Fsp3) is 0.458. The van der Waals surface area contributed by atoms with Crippen LogP contribution in [0.1, 0.15) is 31.7 Å². The molecule has 29 heavy (non-hydrogen) atoms. The number of hydrogen-bond acceptors (Lipinski definition) is 4. The Morgan fingerprint density at radius 3 is 2.48 bits per heavy atom. The maximum absolute atomic E-state index is 12.7. The summed E-state index contributed by atoms with van der Waals surface area (Å²) in [4.78, 5) is 17.2. The summed E-state index contributed by atoms with van der Waals surface area (Å²) < 4.78 is 5.42. The van der Waals surface area contributed by atoms with Crippen molar-refractivity contribution in [2.75, 3.05) is 44.0 Å². The first-order chi connectivity index (χ1) is 14.1. The minimum atomic E-state index is -0.216. The lowest BCUT2D eigenvalue weighted by Gasteiger charge is -2.29. The van der Waals surface area contributed by atoms with Gasteiger partial charge in [0.05, 0.1) is 13.2 Å². The highest BCUT2D eigenvalue weighted by molar-refractivity contribution is 5.94. The third kappa shape index (κ3) is 5.73. The van der Waals surface area contributed by atoms with Gasteiger partial charge in [-0.2, -0.15) is 0 Å². The van der Waals surface area contributed by atoms with Crippen molar-refractivity contribution in [1.29, 1.82) is 0 Å². The molecule has 1 heterocycles. The average Bonchev–Trinajstić information content (AvgIpc) is 2.78. The maximum Gasteiger partial charge on any atom is 0.241 e. The van der Waals surface area contributed by atoms with Crippen LogP contribution < -0.4 is 15.0 Å². The van der Waals surface area contributed by atoms with Crippen molar-refractivity contribution >= 4 is 17.3 Å². The van der Waals surface area contributed by atoms with Crippen LogP contribution in [0.15, 0.2) is 48.5 Å². The molecule has 0 aliphatic carbocycles. The topological polar surface area (TPSA) is 44.8 Å². The number of methoxy groups -OCH3 is 1. The molecule has 1 saturated heterocycles. The zero-order valence-corrected chi connectivity index (χ0v) is 17.9. The van der Waals surface area contributed by atoms with Gasteiger partial charge in [0.25, 0.3) is 0 Å². The van der Waals surface area contributed by atoms with Crippen LogP contribution >= 0.6 is 0 Å². The number of anilines is 2. The van der Waals surface area contributed by atoms with E-state index in [0.717, 1.165) is 43.1 Å². The molecule has 0 aromatic heterocycles. The fourth-order valence-electron chi connectivity index (χ4n) is 3.75. The van der Waals surface area contributed by atoms with Crippen molar-refractivity contribution in [3.05, 3.63) is 54.1 Å². The van der Waals surface area contributed by atoms with Crippen LogP contribution in [0.4, 0.5) is 11.4 Å². The minimum absolute atomic E-state index is 0.0123. The number of carbonyl (C=O) groups is 1. The Hall–Kier alpha value is -2.53.